The lowest BCUT2D eigenvalue weighted by Crippen LogP contribution is -2.44. The summed E-state index contributed by atoms with van der Waals surface area (Å²) < 4.78 is 50.2. The van der Waals surface area contributed by atoms with Crippen LogP contribution in [0.25, 0.3) is 11.0 Å². The van der Waals surface area contributed by atoms with Crippen LogP contribution in [0.1, 0.15) is 27.0 Å². The van der Waals surface area contributed by atoms with Crippen LogP contribution in [0.4, 0.5) is 24.8 Å². The van der Waals surface area contributed by atoms with Gasteiger partial charge in [-0.2, -0.15) is 18.2 Å². The van der Waals surface area contributed by atoms with Gasteiger partial charge in [0, 0.05) is 71.3 Å². The van der Waals surface area contributed by atoms with Gasteiger partial charge in [0.25, 0.3) is 5.91 Å². The first kappa shape index (κ1) is 29.3. The van der Waals surface area contributed by atoms with Crippen molar-refractivity contribution in [2.45, 2.75) is 19.6 Å². The molecule has 0 unspecified atom stereocenters. The molecule has 1 aliphatic rings. The van der Waals surface area contributed by atoms with Crippen molar-refractivity contribution >= 4 is 28.6 Å². The van der Waals surface area contributed by atoms with Crippen molar-refractivity contribution in [3.63, 3.8) is 0 Å². The Morgan fingerprint density at radius 3 is 2.45 bits per heavy atom. The lowest BCUT2D eigenvalue weighted by Gasteiger charge is -2.33. The van der Waals surface area contributed by atoms with Crippen molar-refractivity contribution in [3.8, 4) is 11.6 Å². The van der Waals surface area contributed by atoms with E-state index < -0.39 is 17.6 Å². The number of piperazine rings is 1. The van der Waals surface area contributed by atoms with Crippen molar-refractivity contribution in [2.75, 3.05) is 57.5 Å². The van der Waals surface area contributed by atoms with Gasteiger partial charge >= 0.3 is 6.18 Å². The molecule has 4 aromatic rings. The monoisotopic (exact) mass is 581 g/mol. The zero-order valence-corrected chi connectivity index (χ0v) is 24.3. The molecular formula is C30H34F3N7O2. The van der Waals surface area contributed by atoms with E-state index in [1.54, 1.807) is 23.1 Å². The van der Waals surface area contributed by atoms with Gasteiger partial charge < -0.3 is 24.4 Å². The van der Waals surface area contributed by atoms with Gasteiger partial charge in [-0.3, -0.25) is 9.69 Å². The summed E-state index contributed by atoms with van der Waals surface area (Å²) in [5.74, 6) is 0.627. The van der Waals surface area contributed by atoms with E-state index in [-0.39, 0.29) is 23.4 Å². The van der Waals surface area contributed by atoms with Crippen LogP contribution in [0.5, 0.6) is 11.6 Å². The van der Waals surface area contributed by atoms with E-state index in [0.29, 0.717) is 41.7 Å². The molecular weight excluding hydrogens is 547 g/mol. The van der Waals surface area contributed by atoms with Gasteiger partial charge in [0.15, 0.2) is 0 Å². The lowest BCUT2D eigenvalue weighted by molar-refractivity contribution is -0.138. The number of carbonyl (C=O) groups excluding carboxylic acids is 1. The summed E-state index contributed by atoms with van der Waals surface area (Å²) in [7, 11) is 7.51. The number of anilines is 2. The molecule has 0 atom stereocenters. The zero-order valence-electron chi connectivity index (χ0n) is 24.3. The van der Waals surface area contributed by atoms with Gasteiger partial charge in [-0.05, 0) is 55.4 Å². The minimum absolute atomic E-state index is 0.0643. The number of ether oxygens (including phenoxy) is 1. The van der Waals surface area contributed by atoms with Crippen LogP contribution >= 0.6 is 0 Å². The summed E-state index contributed by atoms with van der Waals surface area (Å²) in [5, 5.41) is 2.63. The first-order valence-electron chi connectivity index (χ1n) is 13.6. The number of likely N-dealkylation sites (N-methyl/N-ethyl adjacent to an activating group) is 1. The number of hydrogen-bond acceptors (Lipinski definition) is 7. The summed E-state index contributed by atoms with van der Waals surface area (Å²) in [6.07, 6.45) is -2.70. The van der Waals surface area contributed by atoms with Crippen molar-refractivity contribution in [1.82, 2.24) is 24.3 Å². The fourth-order valence-corrected chi connectivity index (χ4v) is 4.88. The van der Waals surface area contributed by atoms with Crippen LogP contribution < -0.4 is 15.0 Å². The fraction of sp³-hybridized carbons (Fsp3) is 0.367. The molecule has 222 valence electrons. The van der Waals surface area contributed by atoms with E-state index in [1.165, 1.54) is 12.1 Å². The van der Waals surface area contributed by atoms with Crippen LogP contribution in [0.3, 0.4) is 0 Å². The third-order valence-corrected chi connectivity index (χ3v) is 7.40. The average Bonchev–Trinajstić information content (AvgIpc) is 3.32. The van der Waals surface area contributed by atoms with Crippen molar-refractivity contribution < 1.29 is 22.7 Å². The highest BCUT2D eigenvalue weighted by atomic mass is 19.4. The fourth-order valence-electron chi connectivity index (χ4n) is 4.88. The number of carbonyl (C=O) groups is 1. The van der Waals surface area contributed by atoms with Crippen LogP contribution in [0.2, 0.25) is 0 Å². The van der Waals surface area contributed by atoms with Crippen molar-refractivity contribution in [2.24, 2.45) is 7.05 Å². The molecule has 3 heterocycles. The Morgan fingerprint density at radius 1 is 1.02 bits per heavy atom. The number of fused-ring (bicyclic) bond motifs is 1. The molecule has 0 saturated carbocycles. The molecule has 1 aliphatic heterocycles. The number of nitrogens with zero attached hydrogens (tertiary/aromatic N) is 6. The molecule has 2 aromatic carbocycles. The molecule has 1 amide bonds. The third kappa shape index (κ3) is 6.34. The molecule has 0 radical (unpaired) electrons. The van der Waals surface area contributed by atoms with Gasteiger partial charge in [0.2, 0.25) is 11.8 Å². The number of hydrogen-bond donors (Lipinski definition) is 1. The van der Waals surface area contributed by atoms with Crippen LogP contribution in [-0.4, -0.2) is 77.6 Å². The summed E-state index contributed by atoms with van der Waals surface area (Å²) in [4.78, 5) is 28.2. The van der Waals surface area contributed by atoms with E-state index >= 15 is 0 Å². The molecule has 0 aliphatic carbocycles. The molecule has 1 saturated heterocycles. The molecule has 1 N–H and O–H groups in total. The van der Waals surface area contributed by atoms with E-state index in [4.69, 9.17) is 4.74 Å². The Hall–Kier alpha value is -4.16. The highest BCUT2D eigenvalue weighted by Crippen LogP contribution is 2.35. The number of halogens is 3. The normalized spacial score (nSPS) is 14.8. The smallest absolute Gasteiger partial charge is 0.416 e. The van der Waals surface area contributed by atoms with E-state index in [9.17, 15) is 18.0 Å². The largest absolute Gasteiger partial charge is 0.437 e. The van der Waals surface area contributed by atoms with E-state index in [1.807, 2.05) is 56.8 Å². The number of aryl methyl sites for hydroxylation is 2. The molecule has 0 spiro atoms. The molecule has 42 heavy (non-hydrogen) atoms. The number of rotatable bonds is 7. The number of nitrogens with one attached hydrogen (secondary N) is 1. The first-order valence-corrected chi connectivity index (χ1v) is 13.6. The lowest BCUT2D eigenvalue weighted by atomic mass is 10.0. The zero-order chi connectivity index (χ0) is 30.2. The van der Waals surface area contributed by atoms with Gasteiger partial charge in [0.1, 0.15) is 11.3 Å². The number of alkyl halides is 3. The van der Waals surface area contributed by atoms with Gasteiger partial charge in [-0.25, -0.2) is 4.98 Å². The van der Waals surface area contributed by atoms with E-state index in [0.717, 1.165) is 24.7 Å². The van der Waals surface area contributed by atoms with Crippen molar-refractivity contribution in [1.29, 1.82) is 0 Å². The second-order valence-corrected chi connectivity index (χ2v) is 10.9. The van der Waals surface area contributed by atoms with Gasteiger partial charge in [-0.1, -0.05) is 12.1 Å². The molecule has 1 fully saturated rings. The highest BCUT2D eigenvalue weighted by Gasteiger charge is 2.34. The molecule has 5 rings (SSSR count). The molecule has 12 heteroatoms. The predicted octanol–water partition coefficient (Wildman–Crippen LogP) is 5.15. The highest BCUT2D eigenvalue weighted by molar-refractivity contribution is 6.04. The van der Waals surface area contributed by atoms with Crippen molar-refractivity contribution in [3.05, 3.63) is 70.9 Å². The topological polar surface area (TPSA) is 78.8 Å². The third-order valence-electron chi connectivity index (χ3n) is 7.40. The predicted molar refractivity (Wildman–Crippen MR) is 156 cm³/mol. The minimum Gasteiger partial charge on any atom is -0.437 e. The number of aromatic nitrogens is 3. The van der Waals surface area contributed by atoms with Crippen LogP contribution in [-0.2, 0) is 19.8 Å². The second kappa shape index (κ2) is 11.6. The number of benzene rings is 2. The Labute approximate surface area is 242 Å². The molecule has 2 aromatic heterocycles. The first-order chi connectivity index (χ1) is 19.9. The second-order valence-electron chi connectivity index (χ2n) is 10.9. The summed E-state index contributed by atoms with van der Waals surface area (Å²) >= 11 is 0. The molecule has 9 nitrogen and oxygen atoms in total. The molecule has 0 bridgehead atoms. The Kier molecular flexibility index (Phi) is 8.11. The quantitative estimate of drug-likeness (QED) is 0.323. The standard InChI is InChI=1S/C30H34F3N7O2/c1-19-6-7-20(16-25(19)42-28-26-24(10-11-39(26)5)35-29(36-28)37(2)3)27(41)34-22-9-8-21(23(17-22)30(31,32)33)18-40-14-12-38(4)13-15-40/h6-11,16-17H,12-15,18H2,1-5H3,(H,34,41). The maximum Gasteiger partial charge on any atom is 0.416 e. The Morgan fingerprint density at radius 2 is 1.76 bits per heavy atom. The summed E-state index contributed by atoms with van der Waals surface area (Å²) in [5.41, 5.74) is 1.88. The minimum atomic E-state index is -4.56. The van der Waals surface area contributed by atoms with Crippen LogP contribution in [0.15, 0.2) is 48.7 Å². The van der Waals surface area contributed by atoms with Crippen LogP contribution in [0, 0.1) is 6.92 Å². The van der Waals surface area contributed by atoms with E-state index in [2.05, 4.69) is 20.2 Å². The Balaban J connectivity index is 1.38. The maximum absolute atomic E-state index is 14.0. The van der Waals surface area contributed by atoms with Gasteiger partial charge in [0.05, 0.1) is 11.1 Å². The SMILES string of the molecule is Cc1ccc(C(=O)Nc2ccc(CN3CCN(C)CC3)c(C(F)(F)F)c2)cc1Oc1nc(N(C)C)nc2ccn(C)c12. The maximum atomic E-state index is 14.0. The number of amides is 1. The Bertz CT molecular complexity index is 1610. The summed E-state index contributed by atoms with van der Waals surface area (Å²) in [6.45, 7) is 5.05. The average molecular weight is 582 g/mol. The van der Waals surface area contributed by atoms with Gasteiger partial charge in [-0.15, -0.1) is 0 Å². The summed E-state index contributed by atoms with van der Waals surface area (Å²) in [6, 6.07) is 10.7.